The summed E-state index contributed by atoms with van der Waals surface area (Å²) in [6, 6.07) is 0.502. The average molecular weight is 214 g/mol. The highest BCUT2D eigenvalue weighted by Gasteiger charge is 2.33. The van der Waals surface area contributed by atoms with E-state index in [1.807, 2.05) is 0 Å². The second kappa shape index (κ2) is 5.35. The molecule has 1 amide bonds. The molecule has 2 atom stereocenters. The summed E-state index contributed by atoms with van der Waals surface area (Å²) >= 11 is 0. The van der Waals surface area contributed by atoms with Gasteiger partial charge in [-0.1, -0.05) is 19.8 Å². The molecule has 0 saturated carbocycles. The van der Waals surface area contributed by atoms with Crippen LogP contribution in [0.4, 0.5) is 4.79 Å². The first-order valence-electron chi connectivity index (χ1n) is 5.77. The molecular formula is C11H22N2O2. The molecule has 0 bridgehead atoms. The quantitative estimate of drug-likeness (QED) is 0.780. The Hall–Kier alpha value is -0.770. The molecule has 4 heteroatoms. The number of hydrogen-bond donors (Lipinski definition) is 1. The maximum Gasteiger partial charge on any atom is 0.407 e. The van der Waals surface area contributed by atoms with E-state index in [4.69, 9.17) is 5.11 Å². The second-order valence-electron chi connectivity index (χ2n) is 4.41. The summed E-state index contributed by atoms with van der Waals surface area (Å²) in [6.45, 7) is 5.75. The van der Waals surface area contributed by atoms with E-state index >= 15 is 0 Å². The first-order chi connectivity index (χ1) is 7.07. The summed E-state index contributed by atoms with van der Waals surface area (Å²) in [5, 5.41) is 9.12. The van der Waals surface area contributed by atoms with Crippen LogP contribution < -0.4 is 0 Å². The number of amides is 1. The van der Waals surface area contributed by atoms with Crippen molar-refractivity contribution in [1.82, 2.24) is 9.80 Å². The van der Waals surface area contributed by atoms with Crippen LogP contribution >= 0.6 is 0 Å². The van der Waals surface area contributed by atoms with Gasteiger partial charge in [-0.2, -0.15) is 0 Å². The lowest BCUT2D eigenvalue weighted by molar-refractivity contribution is 0.0395. The Balaban J connectivity index is 2.66. The number of carbonyl (C=O) groups is 1. The van der Waals surface area contributed by atoms with Crippen LogP contribution in [0.2, 0.25) is 0 Å². The predicted octanol–water partition coefficient (Wildman–Crippen LogP) is 1.86. The fourth-order valence-corrected chi connectivity index (χ4v) is 2.24. The van der Waals surface area contributed by atoms with E-state index in [-0.39, 0.29) is 6.04 Å². The van der Waals surface area contributed by atoms with E-state index in [0.29, 0.717) is 12.6 Å². The summed E-state index contributed by atoms with van der Waals surface area (Å²) in [4.78, 5) is 14.9. The highest BCUT2D eigenvalue weighted by molar-refractivity contribution is 5.65. The fourth-order valence-electron chi connectivity index (χ4n) is 2.24. The van der Waals surface area contributed by atoms with E-state index in [0.717, 1.165) is 25.8 Å². The van der Waals surface area contributed by atoms with Crippen LogP contribution in [0.3, 0.4) is 0 Å². The van der Waals surface area contributed by atoms with Crippen LogP contribution in [0.25, 0.3) is 0 Å². The maximum absolute atomic E-state index is 11.1. The van der Waals surface area contributed by atoms with Crippen LogP contribution in [0.5, 0.6) is 0 Å². The minimum absolute atomic E-state index is 0.168. The average Bonchev–Trinajstić information content (AvgIpc) is 2.19. The first-order valence-corrected chi connectivity index (χ1v) is 5.77. The largest absolute Gasteiger partial charge is 0.465 e. The van der Waals surface area contributed by atoms with Gasteiger partial charge in [0.15, 0.2) is 0 Å². The highest BCUT2D eigenvalue weighted by atomic mass is 16.4. The third-order valence-corrected chi connectivity index (χ3v) is 3.45. The SMILES string of the molecule is CCCCC1C(C)N(C)CCN1C(=O)O. The molecule has 15 heavy (non-hydrogen) atoms. The minimum Gasteiger partial charge on any atom is -0.465 e. The summed E-state index contributed by atoms with van der Waals surface area (Å²) in [7, 11) is 2.07. The van der Waals surface area contributed by atoms with Crippen molar-refractivity contribution < 1.29 is 9.90 Å². The Morgan fingerprint density at radius 3 is 2.67 bits per heavy atom. The predicted molar refractivity (Wildman–Crippen MR) is 60.1 cm³/mol. The van der Waals surface area contributed by atoms with Gasteiger partial charge in [0, 0.05) is 19.1 Å². The summed E-state index contributed by atoms with van der Waals surface area (Å²) in [6.07, 6.45) is 2.44. The van der Waals surface area contributed by atoms with Crippen molar-refractivity contribution in [3.63, 3.8) is 0 Å². The van der Waals surface area contributed by atoms with Gasteiger partial charge in [-0.15, -0.1) is 0 Å². The molecule has 1 rings (SSSR count). The molecule has 2 unspecified atom stereocenters. The zero-order valence-corrected chi connectivity index (χ0v) is 9.94. The lowest BCUT2D eigenvalue weighted by Crippen LogP contribution is -2.58. The number of unbranched alkanes of at least 4 members (excludes halogenated alkanes) is 1. The number of likely N-dealkylation sites (N-methyl/N-ethyl adjacent to an activating group) is 1. The molecule has 0 aliphatic carbocycles. The van der Waals surface area contributed by atoms with Crippen molar-refractivity contribution in [2.75, 3.05) is 20.1 Å². The van der Waals surface area contributed by atoms with Gasteiger partial charge in [-0.25, -0.2) is 4.79 Å². The zero-order chi connectivity index (χ0) is 11.4. The van der Waals surface area contributed by atoms with Crippen molar-refractivity contribution >= 4 is 6.09 Å². The summed E-state index contributed by atoms with van der Waals surface area (Å²) in [5.41, 5.74) is 0. The smallest absolute Gasteiger partial charge is 0.407 e. The van der Waals surface area contributed by atoms with Crippen molar-refractivity contribution in [1.29, 1.82) is 0 Å². The van der Waals surface area contributed by atoms with Crippen LogP contribution in [-0.2, 0) is 0 Å². The van der Waals surface area contributed by atoms with Gasteiger partial charge in [0.05, 0.1) is 6.04 Å². The van der Waals surface area contributed by atoms with Crippen LogP contribution in [0.1, 0.15) is 33.1 Å². The van der Waals surface area contributed by atoms with Gasteiger partial charge < -0.3 is 10.0 Å². The van der Waals surface area contributed by atoms with Crippen LogP contribution in [0, 0.1) is 0 Å². The third kappa shape index (κ3) is 2.84. The fraction of sp³-hybridized carbons (Fsp3) is 0.909. The second-order valence-corrected chi connectivity index (χ2v) is 4.41. The molecular weight excluding hydrogens is 192 g/mol. The highest BCUT2D eigenvalue weighted by Crippen LogP contribution is 2.20. The van der Waals surface area contributed by atoms with Gasteiger partial charge in [0.25, 0.3) is 0 Å². The lowest BCUT2D eigenvalue weighted by atomic mass is 9.98. The minimum atomic E-state index is -0.768. The number of hydrogen-bond acceptors (Lipinski definition) is 2. The van der Waals surface area contributed by atoms with E-state index < -0.39 is 6.09 Å². The van der Waals surface area contributed by atoms with Crippen molar-refractivity contribution in [2.45, 2.75) is 45.2 Å². The van der Waals surface area contributed by atoms with E-state index in [1.54, 1.807) is 4.90 Å². The van der Waals surface area contributed by atoms with Crippen molar-refractivity contribution in [3.05, 3.63) is 0 Å². The van der Waals surface area contributed by atoms with Crippen LogP contribution in [0.15, 0.2) is 0 Å². The molecule has 1 aliphatic heterocycles. The molecule has 0 aromatic rings. The van der Waals surface area contributed by atoms with Gasteiger partial charge >= 0.3 is 6.09 Å². The van der Waals surface area contributed by atoms with Gasteiger partial charge in [-0.3, -0.25) is 4.90 Å². The standard InChI is InChI=1S/C11H22N2O2/c1-4-5-6-10-9(2)12(3)7-8-13(10)11(14)15/h9-10H,4-8H2,1-3H3,(H,14,15). The molecule has 88 valence electrons. The van der Waals surface area contributed by atoms with E-state index in [9.17, 15) is 4.79 Å². The molecule has 1 saturated heterocycles. The molecule has 1 fully saturated rings. The molecule has 1 heterocycles. The molecule has 1 N–H and O–H groups in total. The van der Waals surface area contributed by atoms with Gasteiger partial charge in [-0.05, 0) is 20.4 Å². The van der Waals surface area contributed by atoms with Crippen molar-refractivity contribution in [2.24, 2.45) is 0 Å². The Bertz CT molecular complexity index is 221. The molecule has 0 radical (unpaired) electrons. The van der Waals surface area contributed by atoms with Crippen LogP contribution in [-0.4, -0.2) is 53.2 Å². The van der Waals surface area contributed by atoms with E-state index in [1.165, 1.54) is 0 Å². The van der Waals surface area contributed by atoms with Gasteiger partial charge in [0.1, 0.15) is 0 Å². The molecule has 0 aromatic carbocycles. The molecule has 4 nitrogen and oxygen atoms in total. The lowest BCUT2D eigenvalue weighted by Gasteiger charge is -2.43. The topological polar surface area (TPSA) is 43.8 Å². The Kier molecular flexibility index (Phi) is 4.39. The van der Waals surface area contributed by atoms with E-state index in [2.05, 4.69) is 25.8 Å². The monoisotopic (exact) mass is 214 g/mol. The number of nitrogens with zero attached hydrogens (tertiary/aromatic N) is 2. The van der Waals surface area contributed by atoms with Crippen molar-refractivity contribution in [3.8, 4) is 0 Å². The summed E-state index contributed by atoms with van der Waals surface area (Å²) in [5.74, 6) is 0. The molecule has 0 spiro atoms. The normalized spacial score (nSPS) is 28.1. The molecule has 0 aromatic heterocycles. The summed E-state index contributed by atoms with van der Waals surface area (Å²) < 4.78 is 0. The Labute approximate surface area is 91.9 Å². The Morgan fingerprint density at radius 2 is 2.13 bits per heavy atom. The molecule has 1 aliphatic rings. The van der Waals surface area contributed by atoms with Gasteiger partial charge in [0.2, 0.25) is 0 Å². The first kappa shape index (κ1) is 12.3. The number of carboxylic acid groups (broad SMARTS) is 1. The Morgan fingerprint density at radius 1 is 1.47 bits per heavy atom. The number of piperazine rings is 1. The third-order valence-electron chi connectivity index (χ3n) is 3.45. The maximum atomic E-state index is 11.1. The number of rotatable bonds is 3. The zero-order valence-electron chi connectivity index (χ0n) is 9.94.